The van der Waals surface area contributed by atoms with Crippen LogP contribution in [0.15, 0.2) is 12.2 Å². The molecular weight excluding hydrogens is 384 g/mol. The van der Waals surface area contributed by atoms with Gasteiger partial charge in [0.05, 0.1) is 6.10 Å². The number of hydrogen-bond acceptors (Lipinski definition) is 3. The highest BCUT2D eigenvalue weighted by atomic mass is 17.2. The highest BCUT2D eigenvalue weighted by molar-refractivity contribution is 5.33. The molecule has 2 aliphatic heterocycles. The van der Waals surface area contributed by atoms with E-state index in [1.807, 2.05) is 0 Å². The summed E-state index contributed by atoms with van der Waals surface area (Å²) in [4.78, 5) is 12.8. The molecular formula is C28H46O3. The van der Waals surface area contributed by atoms with Gasteiger partial charge >= 0.3 is 0 Å². The molecule has 10 atom stereocenters. The first kappa shape index (κ1) is 22.4. The highest BCUT2D eigenvalue weighted by Crippen LogP contribution is 2.72. The van der Waals surface area contributed by atoms with Gasteiger partial charge in [0.15, 0.2) is 0 Å². The van der Waals surface area contributed by atoms with Crippen molar-refractivity contribution < 1.29 is 14.9 Å². The van der Waals surface area contributed by atoms with Gasteiger partial charge < -0.3 is 5.11 Å². The summed E-state index contributed by atoms with van der Waals surface area (Å²) in [6.07, 6.45) is 15.0. The molecule has 176 valence electrons. The van der Waals surface area contributed by atoms with Crippen molar-refractivity contribution in [3.63, 3.8) is 0 Å². The van der Waals surface area contributed by atoms with Crippen molar-refractivity contribution in [1.29, 1.82) is 0 Å². The first-order valence-corrected chi connectivity index (χ1v) is 13.3. The van der Waals surface area contributed by atoms with Crippen LogP contribution in [-0.2, 0) is 9.78 Å². The lowest BCUT2D eigenvalue weighted by Crippen LogP contribution is -2.73. The van der Waals surface area contributed by atoms with E-state index < -0.39 is 5.60 Å². The van der Waals surface area contributed by atoms with Crippen molar-refractivity contribution in [3.8, 4) is 0 Å². The molecule has 1 N–H and O–H groups in total. The molecule has 2 heterocycles. The Morgan fingerprint density at radius 1 is 0.903 bits per heavy atom. The smallest absolute Gasteiger partial charge is 0.130 e. The van der Waals surface area contributed by atoms with E-state index in [1.54, 1.807) is 0 Å². The van der Waals surface area contributed by atoms with Gasteiger partial charge in [-0.2, -0.15) is 0 Å². The van der Waals surface area contributed by atoms with Crippen LogP contribution in [0, 0.1) is 46.3 Å². The Bertz CT molecular complexity index is 732. The maximum Gasteiger partial charge on any atom is 0.130 e. The number of aliphatic hydroxyl groups is 1. The zero-order chi connectivity index (χ0) is 22.2. The van der Waals surface area contributed by atoms with Crippen LogP contribution >= 0.6 is 0 Å². The molecule has 2 spiro atoms. The molecule has 3 saturated carbocycles. The number of rotatable bonds is 5. The monoisotopic (exact) mass is 430 g/mol. The van der Waals surface area contributed by atoms with Gasteiger partial charge in [-0.1, -0.05) is 60.5 Å². The molecule has 1 saturated heterocycles. The van der Waals surface area contributed by atoms with Gasteiger partial charge in [0.1, 0.15) is 11.2 Å². The fourth-order valence-electron chi connectivity index (χ4n) is 9.14. The van der Waals surface area contributed by atoms with E-state index >= 15 is 0 Å². The lowest BCUT2D eigenvalue weighted by Gasteiger charge is -2.69. The summed E-state index contributed by atoms with van der Waals surface area (Å²) in [5.74, 6) is 4.22. The molecule has 2 bridgehead atoms. The lowest BCUT2D eigenvalue weighted by molar-refractivity contribution is -0.497. The van der Waals surface area contributed by atoms with Crippen molar-refractivity contribution >= 4 is 0 Å². The first-order valence-electron chi connectivity index (χ1n) is 13.3. The maximum absolute atomic E-state index is 10.4. The Hall–Kier alpha value is -0.380. The summed E-state index contributed by atoms with van der Waals surface area (Å²) in [6, 6.07) is 0. The number of aliphatic hydroxyl groups excluding tert-OH is 1. The minimum Gasteiger partial charge on any atom is -0.393 e. The molecule has 3 heteroatoms. The SMILES string of the molecule is CC(C)[C@H](C)CC[C@@H](C)[C@H]1CCC2[C@@]34C=C[C@]5(C[C@@H](O)CC[C@]5(C)C3CC[C@@]21C)OO4. The van der Waals surface area contributed by atoms with Crippen LogP contribution in [0.1, 0.15) is 99.3 Å². The second-order valence-corrected chi connectivity index (χ2v) is 13.2. The highest BCUT2D eigenvalue weighted by Gasteiger charge is 2.74. The molecule has 4 fully saturated rings. The Kier molecular flexibility index (Phi) is 5.28. The minimum atomic E-state index is -0.427. The number of hydrogen-bond donors (Lipinski definition) is 1. The van der Waals surface area contributed by atoms with E-state index in [-0.39, 0.29) is 17.1 Å². The third kappa shape index (κ3) is 2.94. The average molecular weight is 431 g/mol. The molecule has 6 aliphatic rings. The van der Waals surface area contributed by atoms with Gasteiger partial charge in [0.25, 0.3) is 0 Å². The van der Waals surface area contributed by atoms with E-state index in [0.717, 1.165) is 36.5 Å². The lowest BCUT2D eigenvalue weighted by atomic mass is 9.42. The molecule has 0 aromatic rings. The van der Waals surface area contributed by atoms with Crippen LogP contribution in [0.2, 0.25) is 0 Å². The van der Waals surface area contributed by atoms with E-state index in [2.05, 4.69) is 53.7 Å². The van der Waals surface area contributed by atoms with Crippen molar-refractivity contribution in [2.75, 3.05) is 0 Å². The predicted molar refractivity (Wildman–Crippen MR) is 124 cm³/mol. The molecule has 0 aromatic carbocycles. The molecule has 0 aromatic heterocycles. The van der Waals surface area contributed by atoms with Gasteiger partial charge in [-0.05, 0) is 73.7 Å². The van der Waals surface area contributed by atoms with Gasteiger partial charge in [-0.25, -0.2) is 9.78 Å². The summed E-state index contributed by atoms with van der Waals surface area (Å²) in [5, 5.41) is 10.4. The largest absolute Gasteiger partial charge is 0.393 e. The molecule has 3 nitrogen and oxygen atoms in total. The second kappa shape index (κ2) is 7.31. The third-order valence-corrected chi connectivity index (χ3v) is 11.6. The van der Waals surface area contributed by atoms with E-state index in [4.69, 9.17) is 9.78 Å². The van der Waals surface area contributed by atoms with Crippen LogP contribution < -0.4 is 0 Å². The predicted octanol–water partition coefficient (Wildman–Crippen LogP) is 6.70. The zero-order valence-electron chi connectivity index (χ0n) is 20.8. The van der Waals surface area contributed by atoms with E-state index in [9.17, 15) is 5.11 Å². The molecule has 31 heavy (non-hydrogen) atoms. The van der Waals surface area contributed by atoms with Crippen LogP contribution in [0.3, 0.4) is 0 Å². The molecule has 0 radical (unpaired) electrons. The zero-order valence-corrected chi connectivity index (χ0v) is 20.8. The fourth-order valence-corrected chi connectivity index (χ4v) is 9.14. The van der Waals surface area contributed by atoms with Crippen molar-refractivity contribution in [1.82, 2.24) is 0 Å². The third-order valence-electron chi connectivity index (χ3n) is 11.6. The van der Waals surface area contributed by atoms with Crippen LogP contribution in [0.4, 0.5) is 0 Å². The Morgan fingerprint density at radius 3 is 2.35 bits per heavy atom. The van der Waals surface area contributed by atoms with Gasteiger partial charge in [0, 0.05) is 23.7 Å². The van der Waals surface area contributed by atoms with Crippen LogP contribution in [0.25, 0.3) is 0 Å². The van der Waals surface area contributed by atoms with Crippen LogP contribution in [0.5, 0.6) is 0 Å². The van der Waals surface area contributed by atoms with Gasteiger partial charge in [0.2, 0.25) is 0 Å². The fraction of sp³-hybridized carbons (Fsp3) is 0.929. The quantitative estimate of drug-likeness (QED) is 0.390. The molecule has 6 rings (SSSR count). The summed E-state index contributed by atoms with van der Waals surface area (Å²) in [7, 11) is 0. The van der Waals surface area contributed by atoms with Gasteiger partial charge in [-0.15, -0.1) is 0 Å². The molecule has 4 aliphatic carbocycles. The summed E-state index contributed by atoms with van der Waals surface area (Å²) >= 11 is 0. The Morgan fingerprint density at radius 2 is 1.68 bits per heavy atom. The standard InChI is InChI=1S/C28H46O3/c1-18(2)19(3)7-8-20(4)22-9-10-23-25(22,5)13-12-24-26(6)14-11-21(29)17-27(26)15-16-28(23,24)31-30-27/h15-16,18-24,29H,7-14,17H2,1-6H3/t19-,20-,21+,22-,23?,24?,25-,26-,27-,28+/m1/s1. The minimum absolute atomic E-state index is 0.0803. The number of fused-ring (bicyclic) bond motifs is 2. The van der Waals surface area contributed by atoms with E-state index in [0.29, 0.717) is 23.7 Å². The van der Waals surface area contributed by atoms with Crippen molar-refractivity contribution in [2.45, 2.75) is 117 Å². The summed E-state index contributed by atoms with van der Waals surface area (Å²) in [6.45, 7) is 14.7. The summed E-state index contributed by atoms with van der Waals surface area (Å²) in [5.41, 5.74) is -0.266. The molecule has 2 unspecified atom stereocenters. The Balaban J connectivity index is 1.41. The van der Waals surface area contributed by atoms with E-state index in [1.165, 1.54) is 38.5 Å². The van der Waals surface area contributed by atoms with Gasteiger partial charge in [-0.3, -0.25) is 0 Å². The van der Waals surface area contributed by atoms with Crippen LogP contribution in [-0.4, -0.2) is 22.4 Å². The van der Waals surface area contributed by atoms with Crippen molar-refractivity contribution in [2.24, 2.45) is 46.3 Å². The Labute approximate surface area is 190 Å². The van der Waals surface area contributed by atoms with Crippen molar-refractivity contribution in [3.05, 3.63) is 12.2 Å². The maximum atomic E-state index is 10.4. The average Bonchev–Trinajstić information content (AvgIpc) is 3.09. The first-order chi connectivity index (χ1) is 14.6. The molecule has 0 amide bonds. The summed E-state index contributed by atoms with van der Waals surface area (Å²) < 4.78 is 0. The normalized spacial score (nSPS) is 52.5. The second-order valence-electron chi connectivity index (χ2n) is 13.2. The topological polar surface area (TPSA) is 38.7 Å².